The first kappa shape index (κ1) is 9.26. The summed E-state index contributed by atoms with van der Waals surface area (Å²) in [5.74, 6) is 1.76. The molecule has 0 aromatic rings. The number of hydrogen-bond acceptors (Lipinski definition) is 1. The molecule has 0 aromatic carbocycles. The highest BCUT2D eigenvalue weighted by Gasteiger charge is 2.22. The summed E-state index contributed by atoms with van der Waals surface area (Å²) in [6.45, 7) is 8.71. The number of rotatable bonds is 2. The van der Waals surface area contributed by atoms with Crippen molar-refractivity contribution >= 4 is 0 Å². The van der Waals surface area contributed by atoms with Gasteiger partial charge >= 0.3 is 0 Å². The van der Waals surface area contributed by atoms with E-state index in [4.69, 9.17) is 0 Å². The van der Waals surface area contributed by atoms with Crippen molar-refractivity contribution in [3.63, 3.8) is 0 Å². The fourth-order valence-electron chi connectivity index (χ4n) is 2.75. The van der Waals surface area contributed by atoms with Gasteiger partial charge in [-0.05, 0) is 51.1 Å². The summed E-state index contributed by atoms with van der Waals surface area (Å²) < 4.78 is 0. The monoisotopic (exact) mass is 179 g/mol. The van der Waals surface area contributed by atoms with Gasteiger partial charge in [-0.2, -0.15) is 0 Å². The van der Waals surface area contributed by atoms with Gasteiger partial charge in [-0.3, -0.25) is 0 Å². The molecule has 0 N–H and O–H groups in total. The molecule has 0 bridgehead atoms. The second kappa shape index (κ2) is 3.83. The average Bonchev–Trinajstić information content (AvgIpc) is 1.95. The van der Waals surface area contributed by atoms with Crippen molar-refractivity contribution < 1.29 is 0 Å². The van der Waals surface area contributed by atoms with E-state index in [-0.39, 0.29) is 0 Å². The summed E-state index contributed by atoms with van der Waals surface area (Å²) in [5.41, 5.74) is 1.62. The van der Waals surface area contributed by atoms with Crippen molar-refractivity contribution in [1.82, 2.24) is 4.90 Å². The Balaban J connectivity index is 1.83. The first-order valence-electron chi connectivity index (χ1n) is 5.63. The number of allylic oxidation sites excluding steroid dienone is 2. The van der Waals surface area contributed by atoms with E-state index < -0.39 is 0 Å². The zero-order chi connectivity index (χ0) is 9.26. The average molecular weight is 179 g/mol. The Labute approximate surface area is 81.8 Å². The van der Waals surface area contributed by atoms with Crippen molar-refractivity contribution in [1.29, 1.82) is 0 Å². The Kier molecular flexibility index (Phi) is 2.73. The van der Waals surface area contributed by atoms with Gasteiger partial charge in [0.25, 0.3) is 0 Å². The van der Waals surface area contributed by atoms with Crippen LogP contribution in [-0.4, -0.2) is 24.5 Å². The molecule has 1 aliphatic carbocycles. The van der Waals surface area contributed by atoms with E-state index in [0.717, 1.165) is 11.8 Å². The molecule has 2 aliphatic rings. The summed E-state index contributed by atoms with van der Waals surface area (Å²) in [6.07, 6.45) is 6.64. The maximum atomic E-state index is 2.61. The lowest BCUT2D eigenvalue weighted by Gasteiger charge is -2.36. The normalized spacial score (nSPS) is 35.4. The highest BCUT2D eigenvalue weighted by atomic mass is 15.2. The van der Waals surface area contributed by atoms with Gasteiger partial charge in [-0.25, -0.2) is 0 Å². The number of nitrogens with zero attached hydrogens (tertiary/aromatic N) is 1. The summed E-state index contributed by atoms with van der Waals surface area (Å²) in [7, 11) is 0. The van der Waals surface area contributed by atoms with Crippen molar-refractivity contribution in [3.8, 4) is 0 Å². The SMILES string of the molecule is CC1=CC(C)CC(CN2CCC2)C1. The molecule has 0 radical (unpaired) electrons. The molecule has 74 valence electrons. The highest BCUT2D eigenvalue weighted by Crippen LogP contribution is 2.29. The van der Waals surface area contributed by atoms with Crippen LogP contribution in [0.25, 0.3) is 0 Å². The molecule has 0 aromatic heterocycles. The summed E-state index contributed by atoms with van der Waals surface area (Å²) >= 11 is 0. The van der Waals surface area contributed by atoms with Crippen LogP contribution in [0.4, 0.5) is 0 Å². The van der Waals surface area contributed by atoms with Gasteiger partial charge in [0.2, 0.25) is 0 Å². The van der Waals surface area contributed by atoms with E-state index >= 15 is 0 Å². The van der Waals surface area contributed by atoms with E-state index in [1.807, 2.05) is 0 Å². The Morgan fingerprint density at radius 3 is 2.77 bits per heavy atom. The molecule has 1 nitrogen and oxygen atoms in total. The van der Waals surface area contributed by atoms with Crippen LogP contribution < -0.4 is 0 Å². The minimum atomic E-state index is 0.819. The van der Waals surface area contributed by atoms with Gasteiger partial charge in [-0.15, -0.1) is 0 Å². The predicted octanol–water partition coefficient (Wildman–Crippen LogP) is 2.68. The van der Waals surface area contributed by atoms with Crippen molar-refractivity contribution in [2.24, 2.45) is 11.8 Å². The summed E-state index contributed by atoms with van der Waals surface area (Å²) in [6, 6.07) is 0. The lowest BCUT2D eigenvalue weighted by atomic mass is 9.83. The van der Waals surface area contributed by atoms with Gasteiger partial charge in [-0.1, -0.05) is 18.6 Å². The maximum Gasteiger partial charge on any atom is 0.00129 e. The second-order valence-electron chi connectivity index (χ2n) is 4.95. The molecule has 1 heteroatoms. The predicted molar refractivity (Wildman–Crippen MR) is 56.7 cm³/mol. The smallest absolute Gasteiger partial charge is 0.00129 e. The molecule has 1 fully saturated rings. The largest absolute Gasteiger partial charge is 0.303 e. The zero-order valence-electron chi connectivity index (χ0n) is 8.92. The zero-order valence-corrected chi connectivity index (χ0v) is 8.92. The molecule has 1 saturated heterocycles. The van der Waals surface area contributed by atoms with Gasteiger partial charge in [0.05, 0.1) is 0 Å². The Hall–Kier alpha value is -0.300. The van der Waals surface area contributed by atoms with Crippen LogP contribution in [-0.2, 0) is 0 Å². The van der Waals surface area contributed by atoms with Crippen LogP contribution in [0, 0.1) is 11.8 Å². The van der Waals surface area contributed by atoms with Crippen LogP contribution >= 0.6 is 0 Å². The van der Waals surface area contributed by atoms with E-state index in [1.165, 1.54) is 38.9 Å². The van der Waals surface area contributed by atoms with Gasteiger partial charge < -0.3 is 4.90 Å². The van der Waals surface area contributed by atoms with Crippen LogP contribution in [0.5, 0.6) is 0 Å². The molecular weight excluding hydrogens is 158 g/mol. The molecule has 1 heterocycles. The van der Waals surface area contributed by atoms with Gasteiger partial charge in [0.15, 0.2) is 0 Å². The standard InChI is InChI=1S/C12H21N/c1-10-6-11(2)8-12(7-10)9-13-4-3-5-13/h6,10,12H,3-5,7-9H2,1-2H3. The fraction of sp³-hybridized carbons (Fsp3) is 0.833. The third kappa shape index (κ3) is 2.34. The minimum absolute atomic E-state index is 0.819. The van der Waals surface area contributed by atoms with E-state index in [1.54, 1.807) is 5.57 Å². The molecule has 0 amide bonds. The molecule has 2 atom stereocenters. The molecule has 2 unspecified atom stereocenters. The van der Waals surface area contributed by atoms with Gasteiger partial charge in [0.1, 0.15) is 0 Å². The molecule has 1 aliphatic heterocycles. The Morgan fingerprint density at radius 1 is 1.46 bits per heavy atom. The minimum Gasteiger partial charge on any atom is -0.303 e. The van der Waals surface area contributed by atoms with Crippen LogP contribution in [0.3, 0.4) is 0 Å². The van der Waals surface area contributed by atoms with Crippen LogP contribution in [0.1, 0.15) is 33.1 Å². The maximum absolute atomic E-state index is 2.61. The number of hydrogen-bond donors (Lipinski definition) is 0. The highest BCUT2D eigenvalue weighted by molar-refractivity contribution is 5.06. The first-order chi connectivity index (χ1) is 6.24. The van der Waals surface area contributed by atoms with E-state index in [2.05, 4.69) is 24.8 Å². The van der Waals surface area contributed by atoms with Crippen LogP contribution in [0.2, 0.25) is 0 Å². The molecule has 0 spiro atoms. The Morgan fingerprint density at radius 2 is 2.23 bits per heavy atom. The third-order valence-electron chi connectivity index (χ3n) is 3.35. The molecule has 0 saturated carbocycles. The van der Waals surface area contributed by atoms with Crippen molar-refractivity contribution in [2.45, 2.75) is 33.1 Å². The molecule has 13 heavy (non-hydrogen) atoms. The molecular formula is C12H21N. The summed E-state index contributed by atoms with van der Waals surface area (Å²) in [5, 5.41) is 0. The van der Waals surface area contributed by atoms with E-state index in [9.17, 15) is 0 Å². The van der Waals surface area contributed by atoms with Crippen LogP contribution in [0.15, 0.2) is 11.6 Å². The fourth-order valence-corrected chi connectivity index (χ4v) is 2.75. The first-order valence-corrected chi connectivity index (χ1v) is 5.63. The summed E-state index contributed by atoms with van der Waals surface area (Å²) in [4.78, 5) is 2.61. The quantitative estimate of drug-likeness (QED) is 0.589. The number of likely N-dealkylation sites (tertiary alicyclic amines) is 1. The molecule has 2 rings (SSSR count). The third-order valence-corrected chi connectivity index (χ3v) is 3.35. The lowest BCUT2D eigenvalue weighted by Crippen LogP contribution is -2.41. The van der Waals surface area contributed by atoms with Crippen molar-refractivity contribution in [2.75, 3.05) is 19.6 Å². The van der Waals surface area contributed by atoms with E-state index in [0.29, 0.717) is 0 Å². The second-order valence-corrected chi connectivity index (χ2v) is 4.95. The van der Waals surface area contributed by atoms with Gasteiger partial charge in [0, 0.05) is 6.54 Å². The lowest BCUT2D eigenvalue weighted by molar-refractivity contribution is 0.142. The Bertz CT molecular complexity index is 203. The topological polar surface area (TPSA) is 3.24 Å². The van der Waals surface area contributed by atoms with Crippen molar-refractivity contribution in [3.05, 3.63) is 11.6 Å².